The molecule has 46 heteroatoms. The van der Waals surface area contributed by atoms with Crippen molar-refractivity contribution < 1.29 is 355 Å². The molecule has 0 spiro atoms. The van der Waals surface area contributed by atoms with Crippen LogP contribution in [-0.4, -0.2) is 39.7 Å². The topological polar surface area (TPSA) is 891 Å². The predicted molar refractivity (Wildman–Crippen MR) is 199 cm³/mol. The van der Waals surface area contributed by atoms with Gasteiger partial charge in [-0.05, 0) is 72.8 Å². The van der Waals surface area contributed by atoms with Gasteiger partial charge in [0.1, 0.15) is 0 Å². The first kappa shape index (κ1) is 233. The molecule has 0 amide bonds. The van der Waals surface area contributed by atoms with E-state index in [4.69, 9.17) is 0 Å². The van der Waals surface area contributed by atoms with E-state index in [9.17, 15) is 0 Å². The summed E-state index contributed by atoms with van der Waals surface area (Å²) >= 11 is 0. The van der Waals surface area contributed by atoms with Gasteiger partial charge in [0.25, 0.3) is 0 Å². The summed E-state index contributed by atoms with van der Waals surface area (Å²) in [5.41, 5.74) is 6.30. The molecule has 0 aliphatic carbocycles. The van der Waals surface area contributed by atoms with Crippen molar-refractivity contribution in [2.75, 3.05) is 0 Å². The standard InChI is InChI=1S/2C18H18N4.8Mo.2Ni.2H2O.26O/c2*1-4-10-19-16(7-1)13-22(14-17-8-2-5-11-20-17)15-18-9-3-6-12-21-18;;;;;;;;;;;;;;;;;;;;;;;;;;;;;;;;;;;;;;/h2*1-12H,13-15H2;;;;;;;;;;;2*1H2;;;;;;;;;;;;;;;;;;;;;;;;;;/q;;;;;;;;;;2*+3;;;26*-2/p+2. The summed E-state index contributed by atoms with van der Waals surface area (Å²) in [5.74, 6) is 0. The number of rotatable bonds is 12. The van der Waals surface area contributed by atoms with E-state index in [1.807, 2.05) is 146 Å². The van der Waals surface area contributed by atoms with E-state index in [0.29, 0.717) is 0 Å². The van der Waals surface area contributed by atoms with Crippen LogP contribution in [0.15, 0.2) is 146 Å². The second-order valence-electron chi connectivity index (χ2n) is 10.2. The maximum Gasteiger partial charge on any atom is 3.00 e. The zero-order valence-electron chi connectivity index (χ0n) is 40.3. The molecule has 82 heavy (non-hydrogen) atoms. The maximum atomic E-state index is 4.42. The summed E-state index contributed by atoms with van der Waals surface area (Å²) in [6, 6.07) is 36.0. The SMILES string of the molecule is [Mo].[Mo].[Mo].[Mo].[Mo].[Mo].[Mo].[Mo].[Ni+3].[Ni+3].[O-2].[O-2].[O-2].[O-2].[O-2].[O-2].[O-2].[O-2].[O-2].[O-2].[O-2].[O-2].[O-2].[O-2].[O-2].[O-2].[O-2].[O-2].[O-2].[O-2].[O-2].[O-2].[O-2].[O-2].[O-2].[O-2].[OH3+].[OH3+].c1ccc(CN(Cc2ccccn2)Cc2ccccn2)nc1.c1ccc(CN(Cc2ccccn2)Cc2ccccn2)nc1. The minimum Gasteiger partial charge on any atom is -2.00 e. The minimum atomic E-state index is 0. The Balaban J connectivity index is -0.0000000120. The van der Waals surface area contributed by atoms with Crippen LogP contribution in [0.3, 0.4) is 0 Å². The molecule has 0 saturated carbocycles. The van der Waals surface area contributed by atoms with Gasteiger partial charge in [0, 0.05) is 245 Å². The summed E-state index contributed by atoms with van der Waals surface area (Å²) in [6.45, 7) is 4.63. The fourth-order valence-corrected chi connectivity index (χ4v) is 4.66. The van der Waals surface area contributed by atoms with Crippen molar-refractivity contribution in [1.29, 1.82) is 0 Å². The van der Waals surface area contributed by atoms with Gasteiger partial charge in [-0.25, -0.2) is 0 Å². The third kappa shape index (κ3) is 96.5. The van der Waals surface area contributed by atoms with Crippen LogP contribution in [0.4, 0.5) is 0 Å². The van der Waals surface area contributed by atoms with Crippen molar-refractivity contribution in [3.05, 3.63) is 181 Å². The van der Waals surface area contributed by atoms with Gasteiger partial charge in [-0.15, -0.1) is 0 Å². The van der Waals surface area contributed by atoms with Crippen LogP contribution < -0.4 is 0 Å². The molecule has 2 radical (unpaired) electrons. The summed E-state index contributed by atoms with van der Waals surface area (Å²) in [6.07, 6.45) is 11.0. The van der Waals surface area contributed by atoms with Gasteiger partial charge in [-0.3, -0.25) is 39.7 Å². The van der Waals surface area contributed by atoms with Crippen LogP contribution in [-0.2, 0) is 394 Å². The van der Waals surface area contributed by atoms with Crippen LogP contribution in [0.2, 0.25) is 0 Å². The molecule has 6 aromatic heterocycles. The zero-order chi connectivity index (χ0) is 30.1. The molecule has 0 atom stereocenters. The van der Waals surface area contributed by atoms with Gasteiger partial charge < -0.3 is 153 Å². The summed E-state index contributed by atoms with van der Waals surface area (Å²) in [5, 5.41) is 0. The van der Waals surface area contributed by atoms with E-state index in [2.05, 4.69) is 39.7 Å². The van der Waals surface area contributed by atoms with Gasteiger partial charge in [-0.1, -0.05) is 36.4 Å². The molecule has 6 rings (SSSR count). The van der Waals surface area contributed by atoms with Crippen molar-refractivity contribution >= 4 is 0 Å². The molecule has 36 nitrogen and oxygen atoms in total. The van der Waals surface area contributed by atoms with E-state index in [0.717, 1.165) is 73.4 Å². The zero-order valence-corrected chi connectivity index (χ0v) is 58.4. The Bertz CT molecular complexity index is 1390. The molecular formula is C36H42Mo8N8Ni2O28-44. The molecule has 0 aliphatic rings. The first-order chi connectivity index (χ1) is 21.8. The molecular weight excluding hydrogens is 1880 g/mol. The van der Waals surface area contributed by atoms with Gasteiger partial charge in [0.15, 0.2) is 0 Å². The molecule has 0 aliphatic heterocycles. The fourth-order valence-electron chi connectivity index (χ4n) is 4.66. The molecule has 0 aromatic carbocycles. The van der Waals surface area contributed by atoms with Crippen molar-refractivity contribution in [2.24, 2.45) is 0 Å². The van der Waals surface area contributed by atoms with Gasteiger partial charge >= 0.3 is 33.0 Å². The fraction of sp³-hybridized carbons (Fsp3) is 0.167. The molecule has 506 valence electrons. The largest absolute Gasteiger partial charge is 3.00 e. The van der Waals surface area contributed by atoms with E-state index < -0.39 is 0 Å². The number of hydrogen-bond acceptors (Lipinski definition) is 8. The van der Waals surface area contributed by atoms with E-state index in [-0.39, 0.29) is 355 Å². The summed E-state index contributed by atoms with van der Waals surface area (Å²) < 4.78 is 0. The van der Waals surface area contributed by atoms with Crippen LogP contribution in [0.1, 0.15) is 34.2 Å². The van der Waals surface area contributed by atoms with Crippen molar-refractivity contribution in [2.45, 2.75) is 39.3 Å². The van der Waals surface area contributed by atoms with Gasteiger partial charge in [0.2, 0.25) is 0 Å². The average Bonchev–Trinajstić information content (AvgIpc) is 3.08. The summed E-state index contributed by atoms with van der Waals surface area (Å²) in [4.78, 5) is 31.1. The van der Waals surface area contributed by atoms with Crippen LogP contribution >= 0.6 is 0 Å². The molecule has 6 N–H and O–H groups in total. The normalized spacial score (nSPS) is 5.78. The van der Waals surface area contributed by atoms with Gasteiger partial charge in [-0.2, -0.15) is 0 Å². The summed E-state index contributed by atoms with van der Waals surface area (Å²) in [7, 11) is 0. The minimum absolute atomic E-state index is 0. The second-order valence-corrected chi connectivity index (χ2v) is 10.2. The molecule has 0 fully saturated rings. The Morgan fingerprint density at radius 1 is 0.195 bits per heavy atom. The second kappa shape index (κ2) is 144. The Morgan fingerprint density at radius 2 is 0.293 bits per heavy atom. The average molecular weight is 1920 g/mol. The van der Waals surface area contributed by atoms with Crippen molar-refractivity contribution in [3.8, 4) is 0 Å². The van der Waals surface area contributed by atoms with Gasteiger partial charge in [0.05, 0.1) is 34.2 Å². The molecule has 0 unspecified atom stereocenters. The molecule has 0 bridgehead atoms. The third-order valence-corrected chi connectivity index (χ3v) is 6.67. The predicted octanol–water partition coefficient (Wildman–Crippen LogP) is 1.19. The van der Waals surface area contributed by atoms with Crippen LogP contribution in [0, 0.1) is 0 Å². The third-order valence-electron chi connectivity index (χ3n) is 6.67. The quantitative estimate of drug-likeness (QED) is 0.126. The molecule has 6 aromatic rings. The van der Waals surface area contributed by atoms with E-state index >= 15 is 0 Å². The molecule has 6 heterocycles. The number of aromatic nitrogens is 6. The van der Waals surface area contributed by atoms with E-state index in [1.54, 1.807) is 0 Å². The first-order valence-corrected chi connectivity index (χ1v) is 14.6. The van der Waals surface area contributed by atoms with Crippen LogP contribution in [0.5, 0.6) is 0 Å². The van der Waals surface area contributed by atoms with E-state index in [1.165, 1.54) is 0 Å². The Labute approximate surface area is 607 Å². The maximum absolute atomic E-state index is 4.42. The number of nitrogens with zero attached hydrogens (tertiary/aromatic N) is 8. The van der Waals surface area contributed by atoms with Crippen LogP contribution in [0.25, 0.3) is 0 Å². The Kier molecular flexibility index (Phi) is 410. The first-order valence-electron chi connectivity index (χ1n) is 14.6. The van der Waals surface area contributed by atoms with Crippen molar-refractivity contribution in [1.82, 2.24) is 39.7 Å². The smallest absolute Gasteiger partial charge is 2.00 e. The Hall–Kier alpha value is 0.194. The Morgan fingerprint density at radius 3 is 0.366 bits per heavy atom. The number of pyridine rings is 6. The molecule has 0 saturated heterocycles. The van der Waals surface area contributed by atoms with Crippen molar-refractivity contribution in [3.63, 3.8) is 0 Å². The monoisotopic (exact) mass is 1930 g/mol. The number of hydrogen-bond donors (Lipinski definition) is 0.